The molecule has 2 aliphatic rings. The van der Waals surface area contributed by atoms with Crippen molar-refractivity contribution in [2.45, 2.75) is 26.2 Å². The first-order valence-corrected chi connectivity index (χ1v) is 11.7. The van der Waals surface area contributed by atoms with E-state index in [1.54, 1.807) is 0 Å². The van der Waals surface area contributed by atoms with E-state index in [2.05, 4.69) is 0 Å². The molecule has 2 aromatic carbocycles. The summed E-state index contributed by atoms with van der Waals surface area (Å²) < 4.78 is 0. The Labute approximate surface area is 206 Å². The van der Waals surface area contributed by atoms with E-state index in [0.29, 0.717) is 28.8 Å². The van der Waals surface area contributed by atoms with E-state index in [0.717, 1.165) is 16.4 Å². The predicted molar refractivity (Wildman–Crippen MR) is 125 cm³/mol. The molecule has 1 heterocycles. The molecule has 172 valence electrons. The Hall–Kier alpha value is -2.41. The minimum atomic E-state index is -0.654. The number of halogens is 3. The first-order valence-electron chi connectivity index (χ1n) is 10.6. The number of carbonyl (C=O) groups is 4. The SMILES string of the molecule is C[C@@H]1CC[C@H]2C(=O)N(N(CC(=O)c3ccc(Cl)cc3Cl)C(=O)c3ccc(Cl)cc3)C(=O)[C@@H]2C1. The molecule has 0 bridgehead atoms. The van der Waals surface area contributed by atoms with Crippen molar-refractivity contribution in [3.05, 3.63) is 68.7 Å². The number of amides is 3. The molecule has 9 heteroatoms. The number of rotatable bonds is 5. The minimum Gasteiger partial charge on any atom is -0.292 e. The van der Waals surface area contributed by atoms with Crippen LogP contribution in [-0.4, -0.2) is 40.1 Å². The average molecular weight is 508 g/mol. The summed E-state index contributed by atoms with van der Waals surface area (Å²) in [4.78, 5) is 53.1. The average Bonchev–Trinajstić information content (AvgIpc) is 3.01. The van der Waals surface area contributed by atoms with Crippen LogP contribution in [0.25, 0.3) is 0 Å². The Morgan fingerprint density at radius 1 is 0.939 bits per heavy atom. The quantitative estimate of drug-likeness (QED) is 0.406. The molecular weight excluding hydrogens is 487 g/mol. The van der Waals surface area contributed by atoms with Crippen LogP contribution in [-0.2, 0) is 9.59 Å². The second kappa shape index (κ2) is 9.45. The molecule has 4 rings (SSSR count). The number of benzene rings is 2. The molecule has 0 spiro atoms. The van der Waals surface area contributed by atoms with E-state index in [-0.39, 0.29) is 16.1 Å². The summed E-state index contributed by atoms with van der Waals surface area (Å²) in [5.41, 5.74) is 0.332. The first-order chi connectivity index (χ1) is 15.7. The third-order valence-electron chi connectivity index (χ3n) is 6.26. The fraction of sp³-hybridized carbons (Fsp3) is 0.333. The van der Waals surface area contributed by atoms with E-state index >= 15 is 0 Å². The van der Waals surface area contributed by atoms with Gasteiger partial charge in [-0.05, 0) is 67.6 Å². The Morgan fingerprint density at radius 3 is 2.24 bits per heavy atom. The highest BCUT2D eigenvalue weighted by atomic mass is 35.5. The molecule has 3 atom stereocenters. The van der Waals surface area contributed by atoms with Gasteiger partial charge in [0.2, 0.25) is 0 Å². The predicted octanol–water partition coefficient (Wildman–Crippen LogP) is 5.31. The molecule has 2 fully saturated rings. The van der Waals surface area contributed by atoms with Gasteiger partial charge < -0.3 is 0 Å². The van der Waals surface area contributed by atoms with Gasteiger partial charge in [-0.25, -0.2) is 5.01 Å². The van der Waals surface area contributed by atoms with Gasteiger partial charge in [0.15, 0.2) is 5.78 Å². The van der Waals surface area contributed by atoms with Gasteiger partial charge >= 0.3 is 0 Å². The van der Waals surface area contributed by atoms with Crippen molar-refractivity contribution in [2.75, 3.05) is 6.54 Å². The van der Waals surface area contributed by atoms with Crippen molar-refractivity contribution in [3.8, 4) is 0 Å². The smallest absolute Gasteiger partial charge is 0.273 e. The molecule has 1 saturated heterocycles. The third-order valence-corrected chi connectivity index (χ3v) is 7.06. The fourth-order valence-corrected chi connectivity index (χ4v) is 5.16. The zero-order valence-electron chi connectivity index (χ0n) is 17.8. The molecule has 0 N–H and O–H groups in total. The first kappa shape index (κ1) is 23.7. The van der Waals surface area contributed by atoms with Crippen molar-refractivity contribution in [1.29, 1.82) is 0 Å². The highest BCUT2D eigenvalue weighted by molar-refractivity contribution is 6.37. The summed E-state index contributed by atoms with van der Waals surface area (Å²) in [5, 5.41) is 2.70. The van der Waals surface area contributed by atoms with Crippen molar-refractivity contribution >= 4 is 58.3 Å². The molecule has 1 aliphatic heterocycles. The topological polar surface area (TPSA) is 74.8 Å². The van der Waals surface area contributed by atoms with Crippen LogP contribution in [0, 0.1) is 17.8 Å². The number of hydrogen-bond donors (Lipinski definition) is 0. The van der Waals surface area contributed by atoms with Crippen LogP contribution >= 0.6 is 34.8 Å². The Bertz CT molecular complexity index is 1140. The maximum absolute atomic E-state index is 13.4. The van der Waals surface area contributed by atoms with E-state index in [1.807, 2.05) is 6.92 Å². The minimum absolute atomic E-state index is 0.118. The normalized spacial score (nSPS) is 22.3. The lowest BCUT2D eigenvalue weighted by Crippen LogP contribution is -2.52. The zero-order valence-corrected chi connectivity index (χ0v) is 20.0. The third kappa shape index (κ3) is 4.65. The number of hydrazine groups is 1. The van der Waals surface area contributed by atoms with Gasteiger partial charge in [-0.1, -0.05) is 41.7 Å². The van der Waals surface area contributed by atoms with Crippen molar-refractivity contribution in [2.24, 2.45) is 17.8 Å². The zero-order chi connectivity index (χ0) is 23.9. The van der Waals surface area contributed by atoms with Gasteiger partial charge in [-0.3, -0.25) is 19.2 Å². The van der Waals surface area contributed by atoms with E-state index < -0.39 is 41.9 Å². The van der Waals surface area contributed by atoms with Crippen molar-refractivity contribution in [1.82, 2.24) is 10.0 Å². The van der Waals surface area contributed by atoms with E-state index in [1.165, 1.54) is 42.5 Å². The van der Waals surface area contributed by atoms with Crippen LogP contribution in [0.2, 0.25) is 15.1 Å². The number of hydrogen-bond acceptors (Lipinski definition) is 4. The molecule has 3 amide bonds. The summed E-state index contributed by atoms with van der Waals surface area (Å²) in [6, 6.07) is 10.4. The fourth-order valence-electron chi connectivity index (χ4n) is 4.52. The summed E-state index contributed by atoms with van der Waals surface area (Å²) in [5.74, 6) is -2.75. The number of imide groups is 1. The summed E-state index contributed by atoms with van der Waals surface area (Å²) in [6.45, 7) is 1.51. The van der Waals surface area contributed by atoms with E-state index in [4.69, 9.17) is 34.8 Å². The second-order valence-corrected chi connectivity index (χ2v) is 9.82. The van der Waals surface area contributed by atoms with Crippen LogP contribution in [0.15, 0.2) is 42.5 Å². The van der Waals surface area contributed by atoms with Gasteiger partial charge in [0.25, 0.3) is 17.7 Å². The van der Waals surface area contributed by atoms with Gasteiger partial charge in [0.1, 0.15) is 6.54 Å². The van der Waals surface area contributed by atoms with Crippen LogP contribution in [0.4, 0.5) is 0 Å². The van der Waals surface area contributed by atoms with Crippen LogP contribution in [0.5, 0.6) is 0 Å². The number of Topliss-reactive ketones (excluding diaryl/α,β-unsaturated/α-hetero) is 1. The maximum Gasteiger partial charge on any atom is 0.273 e. The van der Waals surface area contributed by atoms with Crippen LogP contribution < -0.4 is 0 Å². The molecule has 2 aromatic rings. The van der Waals surface area contributed by atoms with Crippen LogP contribution in [0.3, 0.4) is 0 Å². The van der Waals surface area contributed by atoms with Gasteiger partial charge in [0.05, 0.1) is 16.9 Å². The number of carbonyl (C=O) groups excluding carboxylic acids is 4. The maximum atomic E-state index is 13.4. The van der Waals surface area contributed by atoms with Gasteiger partial charge in [-0.15, -0.1) is 0 Å². The molecule has 0 unspecified atom stereocenters. The Morgan fingerprint density at radius 2 is 1.58 bits per heavy atom. The second-order valence-electron chi connectivity index (χ2n) is 8.54. The largest absolute Gasteiger partial charge is 0.292 e. The number of ketones is 1. The lowest BCUT2D eigenvalue weighted by atomic mass is 9.76. The number of nitrogens with zero attached hydrogens (tertiary/aromatic N) is 2. The van der Waals surface area contributed by atoms with Gasteiger partial charge in [-0.2, -0.15) is 5.01 Å². The van der Waals surface area contributed by atoms with E-state index in [9.17, 15) is 19.2 Å². The molecular formula is C24H21Cl3N2O4. The number of fused-ring (bicyclic) bond motifs is 1. The molecule has 0 radical (unpaired) electrons. The molecule has 0 aromatic heterocycles. The lowest BCUT2D eigenvalue weighted by molar-refractivity contribution is -0.154. The monoisotopic (exact) mass is 506 g/mol. The lowest BCUT2D eigenvalue weighted by Gasteiger charge is -2.30. The summed E-state index contributed by atoms with van der Waals surface area (Å²) in [6.07, 6.45) is 1.98. The highest BCUT2D eigenvalue weighted by Crippen LogP contribution is 2.41. The Kier molecular flexibility index (Phi) is 6.80. The molecule has 1 aliphatic carbocycles. The molecule has 1 saturated carbocycles. The molecule has 33 heavy (non-hydrogen) atoms. The van der Waals surface area contributed by atoms with Gasteiger partial charge in [0, 0.05) is 21.2 Å². The standard InChI is InChI=1S/C24H21Cl3N2O4/c1-13-2-8-17-19(10-13)24(33)29(23(17)32)28(22(31)14-3-5-15(25)6-4-14)12-21(30)18-9-7-16(26)11-20(18)27/h3-7,9,11,13,17,19H,2,8,10,12H2,1H3/t13-,17-,19-/m1/s1. The summed E-state index contributed by atoms with van der Waals surface area (Å²) in [7, 11) is 0. The van der Waals surface area contributed by atoms with Crippen molar-refractivity contribution in [3.63, 3.8) is 0 Å². The highest BCUT2D eigenvalue weighted by Gasteiger charge is 2.52. The van der Waals surface area contributed by atoms with Crippen LogP contribution in [0.1, 0.15) is 46.9 Å². The molecule has 6 nitrogen and oxygen atoms in total. The Balaban J connectivity index is 1.70. The van der Waals surface area contributed by atoms with Crippen molar-refractivity contribution < 1.29 is 19.2 Å². The summed E-state index contributed by atoms with van der Waals surface area (Å²) >= 11 is 18.0.